The predicted molar refractivity (Wildman–Crippen MR) is 52.1 cm³/mol. The van der Waals surface area contributed by atoms with Crippen molar-refractivity contribution >= 4 is 21.8 Å². The Hall–Kier alpha value is -1.43. The van der Waals surface area contributed by atoms with Gasteiger partial charge >= 0.3 is 0 Å². The van der Waals surface area contributed by atoms with Crippen LogP contribution in [-0.2, 0) is 6.54 Å². The SMILES string of the molecule is Nc1c[n+](Cc2ccc(Br)cn2)no1. The summed E-state index contributed by atoms with van der Waals surface area (Å²) in [5.41, 5.74) is 6.27. The number of hydrogen-bond acceptors (Lipinski definition) is 4. The van der Waals surface area contributed by atoms with E-state index in [0.29, 0.717) is 12.4 Å². The predicted octanol–water partition coefficient (Wildman–Crippen LogP) is 0.750. The van der Waals surface area contributed by atoms with Gasteiger partial charge in [-0.15, -0.1) is 0 Å². The van der Waals surface area contributed by atoms with Crippen molar-refractivity contribution in [3.05, 3.63) is 34.7 Å². The van der Waals surface area contributed by atoms with Crippen molar-refractivity contribution in [2.75, 3.05) is 5.73 Å². The molecule has 2 rings (SSSR count). The van der Waals surface area contributed by atoms with Crippen LogP contribution >= 0.6 is 15.9 Å². The van der Waals surface area contributed by atoms with E-state index in [2.05, 4.69) is 26.2 Å². The number of pyridine rings is 1. The molecule has 0 aromatic carbocycles. The Bertz CT molecular complexity index is 425. The van der Waals surface area contributed by atoms with Gasteiger partial charge in [0.25, 0.3) is 12.1 Å². The summed E-state index contributed by atoms with van der Waals surface area (Å²) in [6, 6.07) is 3.83. The minimum Gasteiger partial charge on any atom is -0.362 e. The maximum Gasteiger partial charge on any atom is 0.293 e. The highest BCUT2D eigenvalue weighted by atomic mass is 79.9. The van der Waals surface area contributed by atoms with Crippen LogP contribution in [-0.4, -0.2) is 10.3 Å². The molecule has 2 aromatic heterocycles. The van der Waals surface area contributed by atoms with Crippen molar-refractivity contribution < 1.29 is 9.20 Å². The molecule has 5 nitrogen and oxygen atoms in total. The fourth-order valence-corrected chi connectivity index (χ4v) is 1.27. The van der Waals surface area contributed by atoms with E-state index in [1.165, 1.54) is 0 Å². The zero-order chi connectivity index (χ0) is 9.97. The second-order valence-corrected chi connectivity index (χ2v) is 3.69. The van der Waals surface area contributed by atoms with Gasteiger partial charge in [-0.2, -0.15) is 0 Å². The topological polar surface area (TPSA) is 68.8 Å². The number of nitrogen functional groups attached to an aromatic ring is 1. The lowest BCUT2D eigenvalue weighted by molar-refractivity contribution is -0.755. The first-order chi connectivity index (χ1) is 6.74. The van der Waals surface area contributed by atoms with Gasteiger partial charge in [0.1, 0.15) is 5.69 Å². The van der Waals surface area contributed by atoms with E-state index in [4.69, 9.17) is 10.3 Å². The summed E-state index contributed by atoms with van der Waals surface area (Å²) >= 11 is 3.31. The molecule has 0 bridgehead atoms. The molecule has 72 valence electrons. The summed E-state index contributed by atoms with van der Waals surface area (Å²) < 4.78 is 7.25. The third-order valence-corrected chi connectivity index (χ3v) is 2.11. The Kier molecular flexibility index (Phi) is 2.45. The van der Waals surface area contributed by atoms with Crippen LogP contribution < -0.4 is 10.4 Å². The molecule has 2 N–H and O–H groups in total. The molecule has 14 heavy (non-hydrogen) atoms. The summed E-state index contributed by atoms with van der Waals surface area (Å²) in [7, 11) is 0. The molecular formula is C8H8BrN4O+. The van der Waals surface area contributed by atoms with E-state index in [-0.39, 0.29) is 0 Å². The lowest BCUT2D eigenvalue weighted by atomic mass is 10.3. The molecule has 0 fully saturated rings. The highest BCUT2D eigenvalue weighted by Crippen LogP contribution is 2.07. The van der Waals surface area contributed by atoms with Crippen LogP contribution in [0.15, 0.2) is 33.5 Å². The van der Waals surface area contributed by atoms with Gasteiger partial charge in [0, 0.05) is 10.7 Å². The minimum absolute atomic E-state index is 0.294. The number of halogens is 1. The molecular weight excluding hydrogens is 248 g/mol. The third kappa shape index (κ3) is 2.08. The number of rotatable bonds is 2. The molecule has 0 aliphatic rings. The van der Waals surface area contributed by atoms with Crippen molar-refractivity contribution in [3.8, 4) is 0 Å². The maximum atomic E-state index is 5.38. The van der Waals surface area contributed by atoms with Crippen LogP contribution in [0.2, 0.25) is 0 Å². The third-order valence-electron chi connectivity index (χ3n) is 1.64. The Labute approximate surface area is 88.6 Å². The first-order valence-corrected chi connectivity index (χ1v) is 4.76. The van der Waals surface area contributed by atoms with Crippen molar-refractivity contribution in [1.29, 1.82) is 0 Å². The van der Waals surface area contributed by atoms with E-state index in [0.717, 1.165) is 10.2 Å². The molecule has 0 radical (unpaired) electrons. The fourth-order valence-electron chi connectivity index (χ4n) is 1.03. The molecule has 0 unspecified atom stereocenters. The monoisotopic (exact) mass is 255 g/mol. The average molecular weight is 256 g/mol. The summed E-state index contributed by atoms with van der Waals surface area (Å²) in [5.74, 6) is 0.294. The summed E-state index contributed by atoms with van der Waals surface area (Å²) in [5, 5.41) is 3.70. The molecule has 0 aliphatic heterocycles. The molecule has 0 aliphatic carbocycles. The van der Waals surface area contributed by atoms with Crippen molar-refractivity contribution in [3.63, 3.8) is 0 Å². The highest BCUT2D eigenvalue weighted by molar-refractivity contribution is 9.10. The van der Waals surface area contributed by atoms with Gasteiger partial charge in [0.2, 0.25) is 11.8 Å². The Balaban J connectivity index is 2.15. The lowest BCUT2D eigenvalue weighted by Crippen LogP contribution is -2.35. The number of nitrogens with zero attached hydrogens (tertiary/aromatic N) is 3. The van der Waals surface area contributed by atoms with Gasteiger partial charge in [-0.1, -0.05) is 0 Å². The zero-order valence-electron chi connectivity index (χ0n) is 7.22. The van der Waals surface area contributed by atoms with Crippen LogP contribution in [0.4, 0.5) is 5.88 Å². The van der Waals surface area contributed by atoms with Gasteiger partial charge in [-0.3, -0.25) is 9.51 Å². The van der Waals surface area contributed by atoms with Gasteiger partial charge in [-0.25, -0.2) is 0 Å². The van der Waals surface area contributed by atoms with Crippen molar-refractivity contribution in [1.82, 2.24) is 10.3 Å². The van der Waals surface area contributed by atoms with Gasteiger partial charge < -0.3 is 5.73 Å². The standard InChI is InChI=1S/C8H8BrN4O/c9-6-1-2-7(11-3-6)4-13-5-8(10)14-12-13/h1-3,5H,4,10H2/q+1. The van der Waals surface area contributed by atoms with Crippen LogP contribution in [0.5, 0.6) is 0 Å². The first kappa shape index (κ1) is 9.14. The number of nitrogens with two attached hydrogens (primary N) is 1. The number of aromatic nitrogens is 3. The molecule has 0 amide bonds. The molecule has 6 heteroatoms. The number of anilines is 1. The molecule has 0 spiro atoms. The Morgan fingerprint density at radius 2 is 2.36 bits per heavy atom. The summed E-state index contributed by atoms with van der Waals surface area (Å²) in [4.78, 5) is 4.19. The van der Waals surface area contributed by atoms with Crippen molar-refractivity contribution in [2.24, 2.45) is 0 Å². The second kappa shape index (κ2) is 3.75. The van der Waals surface area contributed by atoms with Crippen LogP contribution in [0.25, 0.3) is 0 Å². The average Bonchev–Trinajstić information content (AvgIpc) is 2.56. The van der Waals surface area contributed by atoms with E-state index >= 15 is 0 Å². The Morgan fingerprint density at radius 3 is 2.93 bits per heavy atom. The summed E-state index contributed by atoms with van der Waals surface area (Å²) in [6.45, 7) is 0.550. The van der Waals surface area contributed by atoms with Gasteiger partial charge in [-0.05, 0) is 32.7 Å². The van der Waals surface area contributed by atoms with E-state index in [1.807, 2.05) is 12.1 Å². The second-order valence-electron chi connectivity index (χ2n) is 2.77. The molecule has 2 heterocycles. The van der Waals surface area contributed by atoms with E-state index < -0.39 is 0 Å². The maximum absolute atomic E-state index is 5.38. The molecule has 0 atom stereocenters. The van der Waals surface area contributed by atoms with E-state index in [9.17, 15) is 0 Å². The van der Waals surface area contributed by atoms with Gasteiger partial charge in [0.05, 0.1) is 0 Å². The molecule has 0 saturated carbocycles. The van der Waals surface area contributed by atoms with Crippen LogP contribution in [0.1, 0.15) is 5.69 Å². The van der Waals surface area contributed by atoms with Crippen LogP contribution in [0.3, 0.4) is 0 Å². The first-order valence-electron chi connectivity index (χ1n) is 3.96. The zero-order valence-corrected chi connectivity index (χ0v) is 8.81. The fraction of sp³-hybridized carbons (Fsp3) is 0.125. The van der Waals surface area contributed by atoms with E-state index in [1.54, 1.807) is 17.1 Å². The lowest BCUT2D eigenvalue weighted by Gasteiger charge is -1.91. The molecule has 0 saturated heterocycles. The van der Waals surface area contributed by atoms with Crippen molar-refractivity contribution in [2.45, 2.75) is 6.54 Å². The van der Waals surface area contributed by atoms with Gasteiger partial charge in [0.15, 0.2) is 0 Å². The smallest absolute Gasteiger partial charge is 0.293 e. The highest BCUT2D eigenvalue weighted by Gasteiger charge is 2.09. The largest absolute Gasteiger partial charge is 0.362 e. The number of hydrogen-bond donors (Lipinski definition) is 1. The minimum atomic E-state index is 0.294. The molecule has 2 aromatic rings. The quantitative estimate of drug-likeness (QED) is 0.805. The summed E-state index contributed by atoms with van der Waals surface area (Å²) in [6.07, 6.45) is 3.35. The normalized spacial score (nSPS) is 10.4. The van der Waals surface area contributed by atoms with Crippen LogP contribution in [0, 0.1) is 0 Å². The Morgan fingerprint density at radius 1 is 1.50 bits per heavy atom.